The summed E-state index contributed by atoms with van der Waals surface area (Å²) in [5, 5.41) is 9.48. The first kappa shape index (κ1) is 21.6. The molecule has 1 fully saturated rings. The average Bonchev–Trinajstić information content (AvgIpc) is 3.62. The zero-order valence-corrected chi connectivity index (χ0v) is 20.0. The van der Waals surface area contributed by atoms with Gasteiger partial charge in [-0.3, -0.25) is 9.89 Å². The summed E-state index contributed by atoms with van der Waals surface area (Å²) in [6.45, 7) is 6.44. The lowest BCUT2D eigenvalue weighted by Gasteiger charge is -2.32. The number of carbonyl (C=O) groups excluding carboxylic acids is 1. The normalized spacial score (nSPS) is 15.0. The number of amides is 1. The molecule has 35 heavy (non-hydrogen) atoms. The predicted molar refractivity (Wildman–Crippen MR) is 136 cm³/mol. The van der Waals surface area contributed by atoms with Crippen LogP contribution in [0.5, 0.6) is 0 Å². The van der Waals surface area contributed by atoms with Crippen LogP contribution < -0.4 is 0 Å². The highest BCUT2D eigenvalue weighted by Crippen LogP contribution is 2.39. The van der Waals surface area contributed by atoms with Crippen LogP contribution in [-0.2, 0) is 11.3 Å². The van der Waals surface area contributed by atoms with E-state index in [1.54, 1.807) is 12.5 Å². The number of benzene rings is 1. The van der Waals surface area contributed by atoms with Gasteiger partial charge in [-0.05, 0) is 54.0 Å². The minimum Gasteiger partial charge on any atom is -0.354 e. The molecule has 0 bridgehead atoms. The molecule has 178 valence electrons. The van der Waals surface area contributed by atoms with Crippen LogP contribution in [0.15, 0.2) is 55.4 Å². The van der Waals surface area contributed by atoms with Gasteiger partial charge in [0.15, 0.2) is 5.65 Å². The van der Waals surface area contributed by atoms with Gasteiger partial charge in [-0.25, -0.2) is 9.97 Å². The molecule has 0 radical (unpaired) electrons. The topological polar surface area (TPSA) is 95.5 Å². The van der Waals surface area contributed by atoms with Crippen LogP contribution in [0.4, 0.5) is 0 Å². The Morgan fingerprint density at radius 2 is 2.00 bits per heavy atom. The molecule has 0 atom stereocenters. The van der Waals surface area contributed by atoms with Crippen LogP contribution in [0.1, 0.15) is 49.7 Å². The third-order valence-corrected chi connectivity index (χ3v) is 7.26. The molecule has 8 heteroatoms. The molecule has 1 aliphatic heterocycles. The summed E-state index contributed by atoms with van der Waals surface area (Å²) < 4.78 is 1.83. The summed E-state index contributed by atoms with van der Waals surface area (Å²) in [6.07, 6.45) is 10.9. The molecule has 2 N–H and O–H groups in total. The fourth-order valence-corrected chi connectivity index (χ4v) is 5.46. The van der Waals surface area contributed by atoms with Gasteiger partial charge in [0.1, 0.15) is 6.54 Å². The van der Waals surface area contributed by atoms with Crippen molar-refractivity contribution < 1.29 is 4.79 Å². The van der Waals surface area contributed by atoms with Gasteiger partial charge in [0, 0.05) is 53.5 Å². The summed E-state index contributed by atoms with van der Waals surface area (Å²) in [4.78, 5) is 26.8. The van der Waals surface area contributed by atoms with Crippen molar-refractivity contribution in [3.8, 4) is 11.3 Å². The largest absolute Gasteiger partial charge is 0.354 e. The van der Waals surface area contributed by atoms with Crippen LogP contribution in [0.25, 0.3) is 33.2 Å². The van der Waals surface area contributed by atoms with E-state index in [1.807, 2.05) is 28.1 Å². The highest BCUT2D eigenvalue weighted by molar-refractivity contribution is 5.98. The lowest BCUT2D eigenvalue weighted by molar-refractivity contribution is -0.132. The summed E-state index contributed by atoms with van der Waals surface area (Å²) in [5.74, 6) is 0.973. The molecule has 0 saturated carbocycles. The fourth-order valence-electron chi connectivity index (χ4n) is 5.46. The molecule has 0 aliphatic carbocycles. The lowest BCUT2D eigenvalue weighted by atomic mass is 9.87. The van der Waals surface area contributed by atoms with E-state index < -0.39 is 0 Å². The first-order chi connectivity index (χ1) is 17.1. The van der Waals surface area contributed by atoms with Gasteiger partial charge >= 0.3 is 0 Å². The number of piperidine rings is 1. The molecule has 0 unspecified atom stereocenters. The van der Waals surface area contributed by atoms with Crippen molar-refractivity contribution in [3.05, 3.63) is 66.5 Å². The number of imidazole rings is 1. The zero-order valence-electron chi connectivity index (χ0n) is 20.0. The van der Waals surface area contributed by atoms with E-state index in [0.29, 0.717) is 18.4 Å². The number of aromatic nitrogens is 6. The zero-order chi connectivity index (χ0) is 23.9. The number of rotatable bonds is 5. The summed E-state index contributed by atoms with van der Waals surface area (Å²) in [6, 6.07) is 8.89. The molecule has 1 aromatic carbocycles. The second kappa shape index (κ2) is 8.69. The van der Waals surface area contributed by atoms with E-state index >= 15 is 0 Å². The number of carbonyl (C=O) groups is 1. The molecule has 5 aromatic rings. The van der Waals surface area contributed by atoms with Crippen molar-refractivity contribution in [3.63, 3.8) is 0 Å². The lowest BCUT2D eigenvalue weighted by Crippen LogP contribution is -2.39. The molecular weight excluding hydrogens is 438 g/mol. The molecule has 8 nitrogen and oxygen atoms in total. The highest BCUT2D eigenvalue weighted by Gasteiger charge is 2.25. The maximum absolute atomic E-state index is 12.7. The Morgan fingerprint density at radius 3 is 2.77 bits per heavy atom. The van der Waals surface area contributed by atoms with E-state index in [4.69, 9.17) is 0 Å². The Balaban J connectivity index is 1.28. The summed E-state index contributed by atoms with van der Waals surface area (Å²) in [5.41, 5.74) is 6.88. The van der Waals surface area contributed by atoms with Crippen molar-refractivity contribution in [1.29, 1.82) is 0 Å². The van der Waals surface area contributed by atoms with E-state index in [9.17, 15) is 4.79 Å². The Kier molecular flexibility index (Phi) is 5.36. The van der Waals surface area contributed by atoms with Gasteiger partial charge in [0.25, 0.3) is 0 Å². The van der Waals surface area contributed by atoms with Gasteiger partial charge in [-0.2, -0.15) is 5.10 Å². The van der Waals surface area contributed by atoms with E-state index in [0.717, 1.165) is 53.7 Å². The molecule has 0 spiro atoms. The smallest absolute Gasteiger partial charge is 0.242 e. The van der Waals surface area contributed by atoms with Crippen LogP contribution in [0.3, 0.4) is 0 Å². The number of hydrogen-bond acceptors (Lipinski definition) is 4. The highest BCUT2D eigenvalue weighted by atomic mass is 16.2. The number of nitrogens with zero attached hydrogens (tertiary/aromatic N) is 5. The third-order valence-electron chi connectivity index (χ3n) is 7.26. The van der Waals surface area contributed by atoms with E-state index in [-0.39, 0.29) is 5.91 Å². The molecule has 6 rings (SSSR count). The molecule has 4 aromatic heterocycles. The van der Waals surface area contributed by atoms with Crippen molar-refractivity contribution in [1.82, 2.24) is 34.6 Å². The molecule has 1 saturated heterocycles. The monoisotopic (exact) mass is 467 g/mol. The Morgan fingerprint density at radius 1 is 1.14 bits per heavy atom. The first-order valence-corrected chi connectivity index (χ1v) is 12.3. The van der Waals surface area contributed by atoms with E-state index in [1.165, 1.54) is 16.5 Å². The Labute approximate surface area is 203 Å². The Hall–Kier alpha value is -3.94. The third kappa shape index (κ3) is 3.88. The maximum Gasteiger partial charge on any atom is 0.242 e. The first-order valence-electron chi connectivity index (χ1n) is 12.3. The molecule has 1 aliphatic rings. The summed E-state index contributed by atoms with van der Waals surface area (Å²) in [7, 11) is 0. The second-order valence-corrected chi connectivity index (χ2v) is 9.75. The molecule has 5 heterocycles. The minimum atomic E-state index is 0.164. The summed E-state index contributed by atoms with van der Waals surface area (Å²) >= 11 is 0. The average molecular weight is 468 g/mol. The van der Waals surface area contributed by atoms with Crippen LogP contribution in [0, 0.1) is 0 Å². The van der Waals surface area contributed by atoms with Crippen molar-refractivity contribution >= 4 is 27.8 Å². The molecular formula is C27H29N7O. The predicted octanol–water partition coefficient (Wildman–Crippen LogP) is 4.83. The standard InChI is InChI=1S/C27H29N7O/c1-17(2)25-21-13-19(18-6-10-34(11-7-18)24(35)15-33-12-9-28-16-33)3-4-23(21)31-26(25)20-5-8-29-27-22(20)14-30-32-27/h3-5,8-9,12-14,16-18,31H,6-7,10-11,15H2,1-2H3,(H,29,30,32). The minimum absolute atomic E-state index is 0.164. The van der Waals surface area contributed by atoms with Crippen LogP contribution >= 0.6 is 0 Å². The van der Waals surface area contributed by atoms with Gasteiger partial charge < -0.3 is 14.5 Å². The second-order valence-electron chi connectivity index (χ2n) is 9.75. The maximum atomic E-state index is 12.7. The quantitative estimate of drug-likeness (QED) is 0.387. The van der Waals surface area contributed by atoms with Crippen LogP contribution in [0.2, 0.25) is 0 Å². The SMILES string of the molecule is CC(C)c1c(-c2ccnc3[nH]ncc23)[nH]c2ccc(C3CCN(C(=O)Cn4ccnc4)CC3)cc12. The number of nitrogens with one attached hydrogen (secondary N) is 2. The van der Waals surface area contributed by atoms with Gasteiger partial charge in [0.2, 0.25) is 5.91 Å². The number of pyridine rings is 1. The van der Waals surface area contributed by atoms with Gasteiger partial charge in [-0.15, -0.1) is 0 Å². The Bertz CT molecular complexity index is 1490. The number of H-pyrrole nitrogens is 2. The van der Waals surface area contributed by atoms with E-state index in [2.05, 4.69) is 63.3 Å². The van der Waals surface area contributed by atoms with Crippen LogP contribution in [-0.4, -0.2) is 53.6 Å². The number of aromatic amines is 2. The molecule has 1 amide bonds. The fraction of sp³-hybridized carbons (Fsp3) is 0.333. The number of fused-ring (bicyclic) bond motifs is 2. The van der Waals surface area contributed by atoms with Crippen molar-refractivity contribution in [2.24, 2.45) is 0 Å². The number of likely N-dealkylation sites (tertiary alicyclic amines) is 1. The van der Waals surface area contributed by atoms with Gasteiger partial charge in [0.05, 0.1) is 18.2 Å². The van der Waals surface area contributed by atoms with Gasteiger partial charge in [-0.1, -0.05) is 19.9 Å². The number of hydrogen-bond donors (Lipinski definition) is 2. The van der Waals surface area contributed by atoms with Crippen molar-refractivity contribution in [2.45, 2.75) is 45.1 Å². The van der Waals surface area contributed by atoms with Crippen molar-refractivity contribution in [2.75, 3.05) is 13.1 Å².